The molecule has 3 aromatic rings. The zero-order chi connectivity index (χ0) is 23.2. The van der Waals surface area contributed by atoms with Gasteiger partial charge in [-0.25, -0.2) is 4.98 Å². The number of H-pyrrole nitrogens is 1. The molecule has 0 spiro atoms. The van der Waals surface area contributed by atoms with E-state index in [0.29, 0.717) is 5.56 Å². The van der Waals surface area contributed by atoms with Crippen molar-refractivity contribution < 1.29 is 33.2 Å². The molecule has 0 amide bonds. The first kappa shape index (κ1) is 22.0. The minimum absolute atomic E-state index is 0.0480. The molecule has 3 heterocycles. The van der Waals surface area contributed by atoms with Crippen LogP contribution in [0.1, 0.15) is 23.2 Å². The van der Waals surface area contributed by atoms with Gasteiger partial charge in [-0.1, -0.05) is 18.2 Å². The number of ether oxygens (including phenoxy) is 1. The Kier molecular flexibility index (Phi) is 5.50. The van der Waals surface area contributed by atoms with Crippen LogP contribution in [-0.2, 0) is 10.9 Å². The Morgan fingerprint density at radius 3 is 2.44 bits per heavy atom. The smallest absolute Gasteiger partial charge is 0.394 e. The van der Waals surface area contributed by atoms with Gasteiger partial charge in [-0.3, -0.25) is 14.3 Å². The quantitative estimate of drug-likeness (QED) is 0.382. The number of nitrogens with one attached hydrogen (secondary N) is 1. The van der Waals surface area contributed by atoms with Gasteiger partial charge in [-0.05, 0) is 23.8 Å². The van der Waals surface area contributed by atoms with E-state index in [2.05, 4.69) is 15.0 Å². The number of nitrogen functional groups attached to an aromatic ring is 1. The Hall–Kier alpha value is -3.26. The highest BCUT2D eigenvalue weighted by molar-refractivity contribution is 5.77. The lowest BCUT2D eigenvalue weighted by molar-refractivity contribution is -0.137. The Labute approximate surface area is 177 Å². The number of aliphatic hydroxyl groups excluding tert-OH is 3. The van der Waals surface area contributed by atoms with Crippen molar-refractivity contribution in [1.82, 2.24) is 19.5 Å². The summed E-state index contributed by atoms with van der Waals surface area (Å²) in [6.07, 6.45) is -6.93. The fraction of sp³-hybridized carbons (Fsp3) is 0.316. The van der Waals surface area contributed by atoms with Gasteiger partial charge in [0, 0.05) is 0 Å². The number of anilines is 1. The van der Waals surface area contributed by atoms with Crippen molar-refractivity contribution in [2.45, 2.75) is 30.7 Å². The standard InChI is InChI=1S/C19H18F3N5O5/c20-19(21,22)9-4-1-8(2-5-9)3-6-11-24-12-15(25-18(23)26-16(12)31)27(11)17-14(30)13(29)10(7-28)32-17/h1-6,10,13-14,17,28-30H,7H2,(H3,23,25,26,31)/b6-3+/t10-,13-,14-,17-/m1/s1. The first-order valence-electron chi connectivity index (χ1n) is 9.35. The summed E-state index contributed by atoms with van der Waals surface area (Å²) in [7, 11) is 0. The maximum Gasteiger partial charge on any atom is 0.416 e. The SMILES string of the molecule is Nc1nc2c(nc(/C=C/c3ccc(C(F)(F)F)cc3)n2[C@@H]2O[C@H](CO)[C@@H](O)[C@H]2O)c(=O)[nH]1. The second-order valence-electron chi connectivity index (χ2n) is 7.15. The summed E-state index contributed by atoms with van der Waals surface area (Å²) >= 11 is 0. The molecule has 0 bridgehead atoms. The van der Waals surface area contributed by atoms with Gasteiger partial charge in [0.25, 0.3) is 5.56 Å². The van der Waals surface area contributed by atoms with E-state index in [0.717, 1.165) is 12.1 Å². The number of hydrogen-bond acceptors (Lipinski definition) is 8. The summed E-state index contributed by atoms with van der Waals surface area (Å²) in [6, 6.07) is 4.34. The second kappa shape index (κ2) is 8.02. The fourth-order valence-electron chi connectivity index (χ4n) is 3.43. The lowest BCUT2D eigenvalue weighted by atomic mass is 10.1. The molecule has 0 unspecified atom stereocenters. The summed E-state index contributed by atoms with van der Waals surface area (Å²) in [4.78, 5) is 22.8. The van der Waals surface area contributed by atoms with Crippen molar-refractivity contribution in [2.24, 2.45) is 0 Å². The average Bonchev–Trinajstić information content (AvgIpc) is 3.23. The number of nitrogens with zero attached hydrogens (tertiary/aromatic N) is 3. The number of aromatic amines is 1. The summed E-state index contributed by atoms with van der Waals surface area (Å²) < 4.78 is 45.0. The number of aliphatic hydroxyl groups is 3. The number of nitrogens with two attached hydrogens (primary N) is 1. The van der Waals surface area contributed by atoms with Crippen LogP contribution in [0.15, 0.2) is 29.1 Å². The van der Waals surface area contributed by atoms with E-state index in [9.17, 15) is 33.3 Å². The number of fused-ring (bicyclic) bond motifs is 1. The molecule has 6 N–H and O–H groups in total. The minimum atomic E-state index is -4.47. The first-order chi connectivity index (χ1) is 15.1. The van der Waals surface area contributed by atoms with Gasteiger partial charge < -0.3 is 25.8 Å². The van der Waals surface area contributed by atoms with Crippen molar-refractivity contribution in [1.29, 1.82) is 0 Å². The van der Waals surface area contributed by atoms with E-state index in [1.54, 1.807) is 0 Å². The third kappa shape index (κ3) is 3.86. The molecule has 2 aromatic heterocycles. The molecular weight excluding hydrogens is 435 g/mol. The fourth-order valence-corrected chi connectivity index (χ4v) is 3.43. The molecule has 1 aromatic carbocycles. The van der Waals surface area contributed by atoms with Gasteiger partial charge in [-0.2, -0.15) is 18.2 Å². The highest BCUT2D eigenvalue weighted by Crippen LogP contribution is 2.33. The second-order valence-corrected chi connectivity index (χ2v) is 7.15. The van der Waals surface area contributed by atoms with Crippen molar-refractivity contribution in [3.63, 3.8) is 0 Å². The lowest BCUT2D eigenvalue weighted by Gasteiger charge is -2.18. The average molecular weight is 453 g/mol. The third-order valence-electron chi connectivity index (χ3n) is 5.03. The van der Waals surface area contributed by atoms with E-state index in [4.69, 9.17) is 10.5 Å². The number of benzene rings is 1. The topological polar surface area (TPSA) is 160 Å². The molecule has 4 rings (SSSR count). The van der Waals surface area contributed by atoms with Crippen LogP contribution in [0.4, 0.5) is 19.1 Å². The van der Waals surface area contributed by atoms with Crippen LogP contribution in [0.5, 0.6) is 0 Å². The molecule has 32 heavy (non-hydrogen) atoms. The van der Waals surface area contributed by atoms with E-state index in [1.165, 1.54) is 28.9 Å². The largest absolute Gasteiger partial charge is 0.416 e. The molecule has 4 atom stereocenters. The van der Waals surface area contributed by atoms with Gasteiger partial charge in [0.15, 0.2) is 17.4 Å². The lowest BCUT2D eigenvalue weighted by Crippen LogP contribution is -2.33. The summed E-state index contributed by atoms with van der Waals surface area (Å²) in [5.41, 5.74) is 4.37. The Morgan fingerprint density at radius 1 is 1.16 bits per heavy atom. The number of halogens is 3. The van der Waals surface area contributed by atoms with Crippen molar-refractivity contribution in [2.75, 3.05) is 12.3 Å². The summed E-state index contributed by atoms with van der Waals surface area (Å²) in [6.45, 7) is -0.575. The number of alkyl halides is 3. The van der Waals surface area contributed by atoms with Crippen LogP contribution in [0.3, 0.4) is 0 Å². The highest BCUT2D eigenvalue weighted by atomic mass is 19.4. The van der Waals surface area contributed by atoms with Gasteiger partial charge in [0.1, 0.15) is 24.1 Å². The van der Waals surface area contributed by atoms with E-state index < -0.39 is 48.4 Å². The van der Waals surface area contributed by atoms with Crippen LogP contribution in [-0.4, -0.2) is 59.8 Å². The van der Waals surface area contributed by atoms with Gasteiger partial charge in [0.2, 0.25) is 5.95 Å². The molecule has 170 valence electrons. The Morgan fingerprint density at radius 2 is 1.84 bits per heavy atom. The monoisotopic (exact) mass is 453 g/mol. The molecule has 1 aliphatic heterocycles. The molecular formula is C19H18F3N5O5. The van der Waals surface area contributed by atoms with Crippen LogP contribution < -0.4 is 11.3 Å². The highest BCUT2D eigenvalue weighted by Gasteiger charge is 2.44. The molecule has 1 saturated heterocycles. The van der Waals surface area contributed by atoms with E-state index in [1.807, 2.05) is 0 Å². The van der Waals surface area contributed by atoms with Crippen molar-refractivity contribution in [3.05, 3.63) is 51.6 Å². The molecule has 10 nitrogen and oxygen atoms in total. The first-order valence-corrected chi connectivity index (χ1v) is 9.35. The molecule has 0 saturated carbocycles. The van der Waals surface area contributed by atoms with Crippen molar-refractivity contribution in [3.8, 4) is 0 Å². The number of rotatable bonds is 4. The van der Waals surface area contributed by atoms with E-state index in [-0.39, 0.29) is 22.9 Å². The molecule has 1 aliphatic rings. The Bertz CT molecular complexity index is 1220. The molecule has 13 heteroatoms. The predicted molar refractivity (Wildman–Crippen MR) is 106 cm³/mol. The maximum atomic E-state index is 12.8. The number of imidazole rings is 1. The number of aromatic nitrogens is 4. The van der Waals surface area contributed by atoms with Gasteiger partial charge in [0.05, 0.1) is 12.2 Å². The molecule has 0 radical (unpaired) electrons. The van der Waals surface area contributed by atoms with Gasteiger partial charge >= 0.3 is 6.18 Å². The normalized spacial score (nSPS) is 24.1. The van der Waals surface area contributed by atoms with Crippen LogP contribution in [0.25, 0.3) is 23.3 Å². The van der Waals surface area contributed by atoms with Crippen molar-refractivity contribution >= 4 is 29.3 Å². The molecule has 0 aliphatic carbocycles. The zero-order valence-electron chi connectivity index (χ0n) is 16.2. The molecule has 1 fully saturated rings. The van der Waals surface area contributed by atoms with Gasteiger partial charge in [-0.15, -0.1) is 0 Å². The maximum absolute atomic E-state index is 12.8. The number of hydrogen-bond donors (Lipinski definition) is 5. The van der Waals surface area contributed by atoms with E-state index >= 15 is 0 Å². The summed E-state index contributed by atoms with van der Waals surface area (Å²) in [5, 5.41) is 29.9. The van der Waals surface area contributed by atoms with Crippen LogP contribution in [0, 0.1) is 0 Å². The Balaban J connectivity index is 1.79. The predicted octanol–water partition coefficient (Wildman–Crippen LogP) is 0.502. The van der Waals surface area contributed by atoms with Crippen LogP contribution in [0.2, 0.25) is 0 Å². The van der Waals surface area contributed by atoms with Crippen LogP contribution >= 0.6 is 0 Å². The third-order valence-corrected chi connectivity index (χ3v) is 5.03. The summed E-state index contributed by atoms with van der Waals surface area (Å²) in [5.74, 6) is -0.174. The minimum Gasteiger partial charge on any atom is -0.394 e. The zero-order valence-corrected chi connectivity index (χ0v) is 16.2.